The minimum Gasteiger partial charge on any atom is -0.456 e. The largest absolute Gasteiger partial charge is 0.456 e. The van der Waals surface area contributed by atoms with Crippen molar-refractivity contribution in [2.75, 3.05) is 6.61 Å². The van der Waals surface area contributed by atoms with Crippen molar-refractivity contribution in [3.63, 3.8) is 0 Å². The lowest BCUT2D eigenvalue weighted by atomic mass is 10.1. The van der Waals surface area contributed by atoms with Crippen molar-refractivity contribution in [1.82, 2.24) is 0 Å². The fraction of sp³-hybridized carbons (Fsp3) is 0.389. The normalized spacial score (nSPS) is 14.0. The number of hydrogen-bond donors (Lipinski definition) is 0. The maximum absolute atomic E-state index is 11.5. The molecule has 0 aromatic heterocycles. The van der Waals surface area contributed by atoms with Gasteiger partial charge in [-0.1, -0.05) is 42.3 Å². The molecule has 1 aromatic rings. The van der Waals surface area contributed by atoms with Crippen LogP contribution in [0.2, 0.25) is 19.6 Å². The highest BCUT2D eigenvalue weighted by molar-refractivity contribution is 6.69. The summed E-state index contributed by atoms with van der Waals surface area (Å²) in [7, 11) is -1.83. The standard InChI is InChI=1S/C18H24O3Si/c1-6-20-17(19)13-15-18(2,21-22(3,4)5)14-12-16-10-8-7-9-11-16/h7-12,14H,6H2,1-5H3/b14-12+. The SMILES string of the molecule is CCOC(=O)C#CC(C)(/C=C/c1ccccc1)O[Si](C)(C)C. The van der Waals surface area contributed by atoms with Crippen LogP contribution in [0.4, 0.5) is 0 Å². The van der Waals surface area contributed by atoms with E-state index < -0.39 is 19.9 Å². The van der Waals surface area contributed by atoms with Gasteiger partial charge in [-0.05, 0) is 45.1 Å². The van der Waals surface area contributed by atoms with Crippen LogP contribution in [0.5, 0.6) is 0 Å². The Morgan fingerprint density at radius 1 is 1.27 bits per heavy atom. The predicted molar refractivity (Wildman–Crippen MR) is 92.7 cm³/mol. The second-order valence-corrected chi connectivity index (χ2v) is 10.5. The lowest BCUT2D eigenvalue weighted by Gasteiger charge is -2.29. The Labute approximate surface area is 134 Å². The molecule has 1 atom stereocenters. The molecule has 3 nitrogen and oxygen atoms in total. The third kappa shape index (κ3) is 7.25. The van der Waals surface area contributed by atoms with Crippen molar-refractivity contribution in [3.05, 3.63) is 42.0 Å². The first-order valence-electron chi connectivity index (χ1n) is 7.38. The number of esters is 1. The predicted octanol–water partition coefficient (Wildman–Crippen LogP) is 3.88. The van der Waals surface area contributed by atoms with Gasteiger partial charge in [-0.15, -0.1) is 0 Å². The summed E-state index contributed by atoms with van der Waals surface area (Å²) < 4.78 is 11.0. The van der Waals surface area contributed by atoms with Crippen LogP contribution in [0.1, 0.15) is 19.4 Å². The molecule has 0 aliphatic heterocycles. The van der Waals surface area contributed by atoms with Gasteiger partial charge >= 0.3 is 5.97 Å². The van der Waals surface area contributed by atoms with Crippen LogP contribution < -0.4 is 0 Å². The van der Waals surface area contributed by atoms with E-state index in [0.717, 1.165) is 5.56 Å². The molecule has 0 heterocycles. The van der Waals surface area contributed by atoms with E-state index >= 15 is 0 Å². The highest BCUT2D eigenvalue weighted by atomic mass is 28.4. The zero-order chi connectivity index (χ0) is 16.6. The molecule has 1 aromatic carbocycles. The highest BCUT2D eigenvalue weighted by Gasteiger charge is 2.27. The van der Waals surface area contributed by atoms with Crippen LogP contribution in [0.25, 0.3) is 6.08 Å². The Morgan fingerprint density at radius 3 is 2.45 bits per heavy atom. The minimum absolute atomic E-state index is 0.318. The summed E-state index contributed by atoms with van der Waals surface area (Å²) in [5.41, 5.74) is 0.249. The van der Waals surface area contributed by atoms with Gasteiger partial charge in [-0.2, -0.15) is 0 Å². The Morgan fingerprint density at radius 2 is 1.91 bits per heavy atom. The van der Waals surface area contributed by atoms with Gasteiger partial charge in [0.05, 0.1) is 6.61 Å². The molecule has 1 unspecified atom stereocenters. The first-order valence-corrected chi connectivity index (χ1v) is 10.8. The fourth-order valence-electron chi connectivity index (χ4n) is 1.90. The van der Waals surface area contributed by atoms with Crippen molar-refractivity contribution in [2.45, 2.75) is 39.1 Å². The van der Waals surface area contributed by atoms with Gasteiger partial charge in [0.15, 0.2) is 8.32 Å². The van der Waals surface area contributed by atoms with Crippen LogP contribution in [0.3, 0.4) is 0 Å². The van der Waals surface area contributed by atoms with E-state index in [1.165, 1.54) is 0 Å². The summed E-state index contributed by atoms with van der Waals surface area (Å²) in [6.45, 7) is 10.2. The summed E-state index contributed by atoms with van der Waals surface area (Å²) in [5.74, 6) is 4.90. The van der Waals surface area contributed by atoms with Gasteiger partial charge < -0.3 is 9.16 Å². The summed E-state index contributed by atoms with van der Waals surface area (Å²) in [6, 6.07) is 9.92. The van der Waals surface area contributed by atoms with Crippen molar-refractivity contribution in [3.8, 4) is 11.8 Å². The number of carbonyl (C=O) groups excluding carboxylic acids is 1. The third-order valence-corrected chi connectivity index (χ3v) is 3.64. The monoisotopic (exact) mass is 316 g/mol. The molecule has 0 saturated heterocycles. The Kier molecular flexibility index (Phi) is 6.60. The summed E-state index contributed by atoms with van der Waals surface area (Å²) in [5, 5.41) is 0. The molecule has 0 saturated carbocycles. The number of ether oxygens (including phenoxy) is 1. The summed E-state index contributed by atoms with van der Waals surface area (Å²) in [6.07, 6.45) is 3.85. The molecule has 0 amide bonds. The van der Waals surface area contributed by atoms with E-state index in [0.29, 0.717) is 6.61 Å². The molecule has 0 N–H and O–H groups in total. The number of carbonyl (C=O) groups is 1. The van der Waals surface area contributed by atoms with Gasteiger partial charge in [0.25, 0.3) is 0 Å². The maximum Gasteiger partial charge on any atom is 0.384 e. The van der Waals surface area contributed by atoms with Crippen molar-refractivity contribution in [1.29, 1.82) is 0 Å². The van der Waals surface area contributed by atoms with Crippen molar-refractivity contribution >= 4 is 20.4 Å². The lowest BCUT2D eigenvalue weighted by molar-refractivity contribution is -0.136. The zero-order valence-electron chi connectivity index (χ0n) is 14.0. The van der Waals surface area contributed by atoms with Gasteiger partial charge in [-0.3, -0.25) is 0 Å². The van der Waals surface area contributed by atoms with E-state index in [1.54, 1.807) is 6.92 Å². The maximum atomic E-state index is 11.5. The van der Waals surface area contributed by atoms with Gasteiger partial charge in [0, 0.05) is 5.92 Å². The number of hydrogen-bond acceptors (Lipinski definition) is 3. The molecule has 118 valence electrons. The molecule has 0 fully saturated rings. The minimum atomic E-state index is -1.83. The number of rotatable bonds is 5. The average Bonchev–Trinajstić information content (AvgIpc) is 2.43. The van der Waals surface area contributed by atoms with Crippen LogP contribution in [0, 0.1) is 11.8 Å². The molecule has 0 radical (unpaired) electrons. The molecule has 0 bridgehead atoms. The third-order valence-electron chi connectivity index (χ3n) is 2.60. The van der Waals surface area contributed by atoms with Gasteiger partial charge in [-0.25, -0.2) is 4.79 Å². The molecule has 22 heavy (non-hydrogen) atoms. The van der Waals surface area contributed by atoms with Crippen molar-refractivity contribution < 1.29 is 14.0 Å². The molecule has 0 aliphatic rings. The summed E-state index contributed by atoms with van der Waals surface area (Å²) in [4.78, 5) is 11.5. The fourth-order valence-corrected chi connectivity index (χ4v) is 3.29. The Hall–Kier alpha value is -1.83. The number of benzene rings is 1. The Bertz CT molecular complexity index is 576. The quantitative estimate of drug-likeness (QED) is 0.358. The molecular weight excluding hydrogens is 292 g/mol. The zero-order valence-corrected chi connectivity index (χ0v) is 15.0. The smallest absolute Gasteiger partial charge is 0.384 e. The average molecular weight is 316 g/mol. The van der Waals surface area contributed by atoms with Gasteiger partial charge in [0.1, 0.15) is 5.60 Å². The molecule has 4 heteroatoms. The van der Waals surface area contributed by atoms with E-state index in [1.807, 2.05) is 49.4 Å². The highest BCUT2D eigenvalue weighted by Crippen LogP contribution is 2.20. The van der Waals surface area contributed by atoms with Crippen LogP contribution in [0.15, 0.2) is 36.4 Å². The second-order valence-electron chi connectivity index (χ2n) is 6.04. The first kappa shape index (κ1) is 18.2. The summed E-state index contributed by atoms with van der Waals surface area (Å²) >= 11 is 0. The molecular formula is C18H24O3Si. The van der Waals surface area contributed by atoms with Crippen LogP contribution in [-0.4, -0.2) is 26.5 Å². The lowest BCUT2D eigenvalue weighted by Crippen LogP contribution is -2.38. The van der Waals surface area contributed by atoms with E-state index in [4.69, 9.17) is 9.16 Å². The van der Waals surface area contributed by atoms with E-state index in [-0.39, 0.29) is 0 Å². The van der Waals surface area contributed by atoms with Crippen molar-refractivity contribution in [2.24, 2.45) is 0 Å². The van der Waals surface area contributed by atoms with Crippen LogP contribution >= 0.6 is 0 Å². The molecule has 1 rings (SSSR count). The topological polar surface area (TPSA) is 35.5 Å². The van der Waals surface area contributed by atoms with E-state index in [9.17, 15) is 4.79 Å². The Balaban J connectivity index is 3.01. The molecule has 0 aliphatic carbocycles. The van der Waals surface area contributed by atoms with Gasteiger partial charge in [0.2, 0.25) is 0 Å². The first-order chi connectivity index (χ1) is 10.2. The molecule has 0 spiro atoms. The van der Waals surface area contributed by atoms with Crippen LogP contribution in [-0.2, 0) is 14.0 Å². The second kappa shape index (κ2) is 7.97. The van der Waals surface area contributed by atoms with E-state index in [2.05, 4.69) is 31.5 Å².